The Morgan fingerprint density at radius 1 is 1.27 bits per heavy atom. The van der Waals surface area contributed by atoms with Crippen LogP contribution in [-0.2, 0) is 9.84 Å². The summed E-state index contributed by atoms with van der Waals surface area (Å²) in [6.45, 7) is 5.64. The first-order chi connectivity index (χ1) is 6.72. The van der Waals surface area contributed by atoms with Gasteiger partial charge in [-0.05, 0) is 25.9 Å². The molecule has 0 radical (unpaired) electrons. The molecular formula is C10H24N2O2S. The highest BCUT2D eigenvalue weighted by molar-refractivity contribution is 7.90. The van der Waals surface area contributed by atoms with E-state index in [1.165, 1.54) is 6.26 Å². The van der Waals surface area contributed by atoms with Gasteiger partial charge in [-0.3, -0.25) is 0 Å². The van der Waals surface area contributed by atoms with E-state index in [1.807, 2.05) is 11.9 Å². The van der Waals surface area contributed by atoms with Gasteiger partial charge in [0.05, 0.1) is 5.75 Å². The normalized spacial score (nSPS) is 14.9. The van der Waals surface area contributed by atoms with Crippen molar-refractivity contribution in [2.75, 3.05) is 32.1 Å². The molecule has 15 heavy (non-hydrogen) atoms. The Kier molecular flexibility index (Phi) is 6.40. The van der Waals surface area contributed by atoms with Crippen LogP contribution in [0, 0.1) is 5.92 Å². The summed E-state index contributed by atoms with van der Waals surface area (Å²) in [6.07, 6.45) is 2.18. The summed E-state index contributed by atoms with van der Waals surface area (Å²) < 4.78 is 21.9. The second kappa shape index (κ2) is 6.45. The van der Waals surface area contributed by atoms with Crippen LogP contribution in [0.3, 0.4) is 0 Å². The molecule has 0 aliphatic carbocycles. The fraction of sp³-hybridized carbons (Fsp3) is 1.00. The Morgan fingerprint density at radius 3 is 2.20 bits per heavy atom. The van der Waals surface area contributed by atoms with Crippen molar-refractivity contribution in [1.29, 1.82) is 0 Å². The van der Waals surface area contributed by atoms with Crippen molar-refractivity contribution in [3.05, 3.63) is 0 Å². The largest absolute Gasteiger partial charge is 0.327 e. The van der Waals surface area contributed by atoms with E-state index in [1.54, 1.807) is 0 Å². The smallest absolute Gasteiger partial charge is 0.148 e. The highest BCUT2D eigenvalue weighted by atomic mass is 32.2. The third-order valence-electron chi connectivity index (χ3n) is 2.54. The van der Waals surface area contributed by atoms with Crippen LogP contribution in [0.2, 0.25) is 0 Å². The highest BCUT2D eigenvalue weighted by Gasteiger charge is 2.10. The van der Waals surface area contributed by atoms with Gasteiger partial charge in [0.25, 0.3) is 0 Å². The number of nitrogens with zero attached hydrogens (tertiary/aromatic N) is 1. The van der Waals surface area contributed by atoms with E-state index >= 15 is 0 Å². The monoisotopic (exact) mass is 236 g/mol. The van der Waals surface area contributed by atoms with E-state index in [0.717, 1.165) is 13.0 Å². The first kappa shape index (κ1) is 14.9. The molecule has 0 fully saturated rings. The average Bonchev–Trinajstić information content (AvgIpc) is 2.09. The van der Waals surface area contributed by atoms with Gasteiger partial charge in [0.15, 0.2) is 0 Å². The van der Waals surface area contributed by atoms with Gasteiger partial charge in [-0.25, -0.2) is 8.42 Å². The minimum absolute atomic E-state index is 0.200. The van der Waals surface area contributed by atoms with Crippen LogP contribution in [0.4, 0.5) is 0 Å². The summed E-state index contributed by atoms with van der Waals surface area (Å²) in [5.74, 6) is 0.703. The molecule has 0 rings (SSSR count). The van der Waals surface area contributed by atoms with E-state index in [9.17, 15) is 8.42 Å². The third kappa shape index (κ3) is 8.84. The zero-order valence-corrected chi connectivity index (χ0v) is 11.0. The topological polar surface area (TPSA) is 63.4 Å². The summed E-state index contributed by atoms with van der Waals surface area (Å²) in [7, 11) is -0.918. The molecule has 0 heterocycles. The van der Waals surface area contributed by atoms with Gasteiger partial charge in [-0.15, -0.1) is 0 Å². The number of rotatable bonds is 7. The van der Waals surface area contributed by atoms with E-state index in [-0.39, 0.29) is 11.8 Å². The van der Waals surface area contributed by atoms with Crippen LogP contribution in [0.25, 0.3) is 0 Å². The Hall–Kier alpha value is -0.130. The van der Waals surface area contributed by atoms with Crippen LogP contribution in [-0.4, -0.2) is 51.5 Å². The quantitative estimate of drug-likeness (QED) is 0.692. The first-order valence-corrected chi connectivity index (χ1v) is 7.40. The fourth-order valence-corrected chi connectivity index (χ4v) is 1.78. The number of hydrogen-bond acceptors (Lipinski definition) is 4. The molecule has 0 bridgehead atoms. The SMILES string of the molecule is CC(C)C(N)CCN(C)CCS(C)(=O)=O. The molecule has 0 saturated heterocycles. The van der Waals surface area contributed by atoms with Crippen LogP contribution in [0.15, 0.2) is 0 Å². The lowest BCUT2D eigenvalue weighted by Crippen LogP contribution is -2.33. The first-order valence-electron chi connectivity index (χ1n) is 5.34. The van der Waals surface area contributed by atoms with Gasteiger partial charge < -0.3 is 10.6 Å². The molecule has 0 aliphatic heterocycles. The van der Waals surface area contributed by atoms with Gasteiger partial charge in [0.1, 0.15) is 9.84 Å². The van der Waals surface area contributed by atoms with Crippen LogP contribution in [0.5, 0.6) is 0 Å². The van der Waals surface area contributed by atoms with E-state index in [4.69, 9.17) is 5.73 Å². The molecule has 0 saturated carbocycles. The molecule has 5 heteroatoms. The van der Waals surface area contributed by atoms with E-state index < -0.39 is 9.84 Å². The summed E-state index contributed by atoms with van der Waals surface area (Å²) in [5, 5.41) is 0. The van der Waals surface area contributed by atoms with Gasteiger partial charge in [-0.2, -0.15) is 0 Å². The Labute approximate surface area is 93.7 Å². The maximum atomic E-state index is 10.9. The van der Waals surface area contributed by atoms with Gasteiger partial charge >= 0.3 is 0 Å². The maximum absolute atomic E-state index is 10.9. The molecule has 92 valence electrons. The van der Waals surface area contributed by atoms with Crippen molar-refractivity contribution in [3.63, 3.8) is 0 Å². The molecule has 2 N–H and O–H groups in total. The second-order valence-electron chi connectivity index (χ2n) is 4.63. The third-order valence-corrected chi connectivity index (χ3v) is 3.47. The Morgan fingerprint density at radius 2 is 1.80 bits per heavy atom. The molecule has 1 unspecified atom stereocenters. The predicted molar refractivity (Wildman–Crippen MR) is 64.6 cm³/mol. The van der Waals surface area contributed by atoms with Crippen LogP contribution in [0.1, 0.15) is 20.3 Å². The Bertz CT molecular complexity index is 263. The lowest BCUT2D eigenvalue weighted by molar-refractivity contribution is 0.316. The standard InChI is InChI=1S/C10H24N2O2S/c1-9(2)10(11)5-6-12(3)7-8-15(4,13)14/h9-10H,5-8,11H2,1-4H3. The molecule has 0 amide bonds. The van der Waals surface area contributed by atoms with E-state index in [0.29, 0.717) is 12.5 Å². The molecule has 4 nitrogen and oxygen atoms in total. The minimum atomic E-state index is -2.85. The molecule has 0 aromatic carbocycles. The lowest BCUT2D eigenvalue weighted by atomic mass is 10.0. The summed E-state index contributed by atoms with van der Waals surface area (Å²) in [6, 6.07) is 0.200. The van der Waals surface area contributed by atoms with Gasteiger partial charge in [0, 0.05) is 18.8 Å². The van der Waals surface area contributed by atoms with Gasteiger partial charge in [0.2, 0.25) is 0 Å². The number of nitrogens with two attached hydrogens (primary N) is 1. The Balaban J connectivity index is 3.71. The minimum Gasteiger partial charge on any atom is -0.327 e. The maximum Gasteiger partial charge on any atom is 0.148 e. The zero-order chi connectivity index (χ0) is 12.1. The second-order valence-corrected chi connectivity index (χ2v) is 6.89. The van der Waals surface area contributed by atoms with E-state index in [2.05, 4.69) is 13.8 Å². The summed E-state index contributed by atoms with van der Waals surface area (Å²) in [4.78, 5) is 2.02. The van der Waals surface area contributed by atoms with Crippen molar-refractivity contribution >= 4 is 9.84 Å². The van der Waals surface area contributed by atoms with Crippen molar-refractivity contribution in [3.8, 4) is 0 Å². The van der Waals surface area contributed by atoms with Crippen molar-refractivity contribution in [1.82, 2.24) is 4.90 Å². The van der Waals surface area contributed by atoms with Crippen molar-refractivity contribution < 1.29 is 8.42 Å². The molecule has 0 aliphatic rings. The molecular weight excluding hydrogens is 212 g/mol. The predicted octanol–water partition coefficient (Wildman–Crippen LogP) is 0.336. The molecule has 0 aromatic rings. The number of hydrogen-bond donors (Lipinski definition) is 1. The summed E-state index contributed by atoms with van der Waals surface area (Å²) >= 11 is 0. The van der Waals surface area contributed by atoms with Crippen molar-refractivity contribution in [2.24, 2.45) is 11.7 Å². The molecule has 0 spiro atoms. The zero-order valence-electron chi connectivity index (χ0n) is 10.2. The molecule has 0 aromatic heterocycles. The van der Waals surface area contributed by atoms with Crippen molar-refractivity contribution in [2.45, 2.75) is 26.3 Å². The average molecular weight is 236 g/mol. The lowest BCUT2D eigenvalue weighted by Gasteiger charge is -2.20. The van der Waals surface area contributed by atoms with Crippen LogP contribution < -0.4 is 5.73 Å². The van der Waals surface area contributed by atoms with Crippen LogP contribution >= 0.6 is 0 Å². The van der Waals surface area contributed by atoms with Gasteiger partial charge in [-0.1, -0.05) is 13.8 Å². The summed E-state index contributed by atoms with van der Waals surface area (Å²) in [5.41, 5.74) is 5.90. The number of sulfone groups is 1. The highest BCUT2D eigenvalue weighted by Crippen LogP contribution is 2.03. The fourth-order valence-electron chi connectivity index (χ4n) is 1.14. The molecule has 1 atom stereocenters.